The number of hydrogen-bond donors (Lipinski definition) is 3. The molecule has 0 unspecified atom stereocenters. The molecule has 1 heterocycles. The Morgan fingerprint density at radius 1 is 1.38 bits per heavy atom. The molecule has 21 heavy (non-hydrogen) atoms. The van der Waals surface area contributed by atoms with Crippen molar-refractivity contribution in [2.24, 2.45) is 10.2 Å². The lowest BCUT2D eigenvalue weighted by Crippen LogP contribution is -2.32. The minimum Gasteiger partial charge on any atom is -0.321 e. The number of hydrazone groups is 1. The molecular formula is C12H14N4O4S. The number of carbonyl (C=O) groups excluding carboxylic acids is 2. The number of anilines is 1. The number of rotatable bonds is 3. The summed E-state index contributed by atoms with van der Waals surface area (Å²) in [6.45, 7) is 1.60. The van der Waals surface area contributed by atoms with Crippen molar-refractivity contribution >= 4 is 33.2 Å². The van der Waals surface area contributed by atoms with Crippen LogP contribution < -0.4 is 15.9 Å². The van der Waals surface area contributed by atoms with E-state index in [1.807, 2.05) is 0 Å². The quantitative estimate of drug-likeness (QED) is 0.716. The van der Waals surface area contributed by atoms with Crippen LogP contribution in [0.1, 0.15) is 18.4 Å². The van der Waals surface area contributed by atoms with Crippen LogP contribution in [-0.4, -0.2) is 25.9 Å². The number of hydrogen-bond acceptors (Lipinski definition) is 5. The van der Waals surface area contributed by atoms with E-state index in [-0.39, 0.29) is 35.0 Å². The largest absolute Gasteiger partial charge is 0.321 e. The first-order valence-corrected chi connectivity index (χ1v) is 7.62. The van der Waals surface area contributed by atoms with Gasteiger partial charge in [-0.15, -0.1) is 0 Å². The summed E-state index contributed by atoms with van der Waals surface area (Å²) in [6.07, 6.45) is 0.411. The maximum Gasteiger partial charge on any atom is 0.271 e. The molecule has 0 bridgehead atoms. The van der Waals surface area contributed by atoms with Gasteiger partial charge in [-0.05, 0) is 24.6 Å². The molecule has 1 aromatic carbocycles. The fourth-order valence-electron chi connectivity index (χ4n) is 1.83. The number of sulfonamides is 1. The second-order valence-electron chi connectivity index (χ2n) is 4.57. The first-order chi connectivity index (χ1) is 9.77. The van der Waals surface area contributed by atoms with E-state index in [0.717, 1.165) is 0 Å². The highest BCUT2D eigenvalue weighted by atomic mass is 32.2. The zero-order valence-corrected chi connectivity index (χ0v) is 12.0. The molecule has 0 saturated heterocycles. The van der Waals surface area contributed by atoms with Gasteiger partial charge in [0, 0.05) is 18.5 Å². The Labute approximate surface area is 121 Å². The molecule has 1 aliphatic rings. The summed E-state index contributed by atoms with van der Waals surface area (Å²) in [7, 11) is -3.86. The molecule has 2 amide bonds. The second-order valence-corrected chi connectivity index (χ2v) is 6.10. The molecule has 112 valence electrons. The molecular weight excluding hydrogens is 296 g/mol. The number of carbonyl (C=O) groups is 2. The van der Waals surface area contributed by atoms with Crippen molar-refractivity contribution in [1.29, 1.82) is 0 Å². The molecule has 4 N–H and O–H groups in total. The number of benzene rings is 1. The Morgan fingerprint density at radius 2 is 2.10 bits per heavy atom. The molecule has 1 aromatic rings. The van der Waals surface area contributed by atoms with Crippen molar-refractivity contribution in [1.82, 2.24) is 5.43 Å². The Hall–Kier alpha value is -2.26. The van der Waals surface area contributed by atoms with Crippen LogP contribution in [0.5, 0.6) is 0 Å². The summed E-state index contributed by atoms with van der Waals surface area (Å²) in [6, 6.07) is 4.38. The van der Waals surface area contributed by atoms with E-state index >= 15 is 0 Å². The van der Waals surface area contributed by atoms with Crippen molar-refractivity contribution in [2.75, 3.05) is 5.32 Å². The Morgan fingerprint density at radius 3 is 2.67 bits per heavy atom. The average molecular weight is 310 g/mol. The van der Waals surface area contributed by atoms with Crippen molar-refractivity contribution < 1.29 is 18.0 Å². The van der Waals surface area contributed by atoms with Gasteiger partial charge in [-0.1, -0.05) is 6.07 Å². The molecule has 0 aromatic heterocycles. The molecule has 0 fully saturated rings. The van der Waals surface area contributed by atoms with E-state index in [1.165, 1.54) is 6.07 Å². The van der Waals surface area contributed by atoms with Crippen LogP contribution in [0.2, 0.25) is 0 Å². The van der Waals surface area contributed by atoms with Crippen molar-refractivity contribution in [3.05, 3.63) is 23.8 Å². The number of primary sulfonamides is 1. The first-order valence-electron chi connectivity index (χ1n) is 6.07. The smallest absolute Gasteiger partial charge is 0.271 e. The number of amides is 2. The van der Waals surface area contributed by atoms with Gasteiger partial charge in [-0.25, -0.2) is 19.0 Å². The Balaban J connectivity index is 2.21. The lowest BCUT2D eigenvalue weighted by Gasteiger charge is -2.13. The van der Waals surface area contributed by atoms with Crippen LogP contribution in [0.25, 0.3) is 0 Å². The summed E-state index contributed by atoms with van der Waals surface area (Å²) in [5.74, 6) is -0.752. The third-order valence-electron chi connectivity index (χ3n) is 2.92. The van der Waals surface area contributed by atoms with Gasteiger partial charge in [-0.3, -0.25) is 9.59 Å². The van der Waals surface area contributed by atoms with E-state index in [9.17, 15) is 18.0 Å². The summed E-state index contributed by atoms with van der Waals surface area (Å²) in [5, 5.41) is 11.3. The SMILES string of the molecule is Cc1ccc(NC(=O)C2=NNC(=O)CC2)cc1S(N)(=O)=O. The lowest BCUT2D eigenvalue weighted by atomic mass is 10.1. The molecule has 0 spiro atoms. The standard InChI is InChI=1S/C12H14N4O4S/c1-7-2-3-8(6-10(7)21(13,19)20)14-12(18)9-4-5-11(17)16-15-9/h2-3,6H,4-5H2,1H3,(H,14,18)(H,16,17)(H2,13,19,20). The summed E-state index contributed by atoms with van der Waals surface area (Å²) in [4.78, 5) is 22.8. The van der Waals surface area contributed by atoms with Gasteiger partial charge >= 0.3 is 0 Å². The number of nitrogens with two attached hydrogens (primary N) is 1. The van der Waals surface area contributed by atoms with Gasteiger partial charge in [0.1, 0.15) is 5.71 Å². The van der Waals surface area contributed by atoms with Crippen LogP contribution in [0.15, 0.2) is 28.2 Å². The zero-order valence-electron chi connectivity index (χ0n) is 11.2. The molecule has 9 heteroatoms. The summed E-state index contributed by atoms with van der Waals surface area (Å²) in [5.41, 5.74) is 3.16. The van der Waals surface area contributed by atoms with E-state index in [4.69, 9.17) is 5.14 Å². The molecule has 0 saturated carbocycles. The minimum atomic E-state index is -3.86. The van der Waals surface area contributed by atoms with Gasteiger partial charge in [0.15, 0.2) is 0 Å². The topological polar surface area (TPSA) is 131 Å². The molecule has 2 rings (SSSR count). The first kappa shape index (κ1) is 15.1. The predicted octanol–water partition coefficient (Wildman–Crippen LogP) is -0.153. The van der Waals surface area contributed by atoms with Crippen LogP contribution in [0.4, 0.5) is 5.69 Å². The van der Waals surface area contributed by atoms with E-state index in [0.29, 0.717) is 5.56 Å². The van der Waals surface area contributed by atoms with Gasteiger partial charge in [-0.2, -0.15) is 5.10 Å². The van der Waals surface area contributed by atoms with Gasteiger partial charge in [0.2, 0.25) is 15.9 Å². The highest BCUT2D eigenvalue weighted by molar-refractivity contribution is 7.89. The van der Waals surface area contributed by atoms with Crippen LogP contribution in [0, 0.1) is 6.92 Å². The predicted molar refractivity (Wildman–Crippen MR) is 76.0 cm³/mol. The van der Waals surface area contributed by atoms with Crippen LogP contribution in [0.3, 0.4) is 0 Å². The van der Waals surface area contributed by atoms with E-state index < -0.39 is 15.9 Å². The minimum absolute atomic E-state index is 0.0563. The normalized spacial score (nSPS) is 15.1. The molecule has 1 aliphatic heterocycles. The number of nitrogens with one attached hydrogen (secondary N) is 2. The second kappa shape index (κ2) is 5.62. The van der Waals surface area contributed by atoms with Crippen LogP contribution >= 0.6 is 0 Å². The molecule has 0 radical (unpaired) electrons. The van der Waals surface area contributed by atoms with Gasteiger partial charge < -0.3 is 5.32 Å². The van der Waals surface area contributed by atoms with Crippen molar-refractivity contribution in [2.45, 2.75) is 24.7 Å². The number of nitrogens with zero attached hydrogens (tertiary/aromatic N) is 1. The third-order valence-corrected chi connectivity index (χ3v) is 3.97. The average Bonchev–Trinajstić information content (AvgIpc) is 2.40. The van der Waals surface area contributed by atoms with Crippen molar-refractivity contribution in [3.63, 3.8) is 0 Å². The number of aryl methyl sites for hydroxylation is 1. The Kier molecular flexibility index (Phi) is 4.05. The summed E-state index contributed by atoms with van der Waals surface area (Å²) >= 11 is 0. The summed E-state index contributed by atoms with van der Waals surface area (Å²) < 4.78 is 22.8. The maximum absolute atomic E-state index is 11.9. The van der Waals surface area contributed by atoms with E-state index in [2.05, 4.69) is 15.8 Å². The molecule has 8 nitrogen and oxygen atoms in total. The maximum atomic E-state index is 11.9. The van der Waals surface area contributed by atoms with Gasteiger partial charge in [0.25, 0.3) is 5.91 Å². The monoisotopic (exact) mass is 310 g/mol. The highest BCUT2D eigenvalue weighted by Gasteiger charge is 2.19. The highest BCUT2D eigenvalue weighted by Crippen LogP contribution is 2.19. The fraction of sp³-hybridized carbons (Fsp3) is 0.250. The third kappa shape index (κ3) is 3.64. The Bertz CT molecular complexity index is 740. The zero-order chi connectivity index (χ0) is 15.6. The molecule has 0 atom stereocenters. The van der Waals surface area contributed by atoms with E-state index in [1.54, 1.807) is 19.1 Å². The van der Waals surface area contributed by atoms with Crippen molar-refractivity contribution in [3.8, 4) is 0 Å². The fourth-order valence-corrected chi connectivity index (χ4v) is 2.63. The lowest BCUT2D eigenvalue weighted by molar-refractivity contribution is -0.121. The van der Waals surface area contributed by atoms with Crippen LogP contribution in [-0.2, 0) is 19.6 Å². The molecule has 0 aliphatic carbocycles. The van der Waals surface area contributed by atoms with Gasteiger partial charge in [0.05, 0.1) is 4.90 Å².